The number of hydrogen-bond acceptors (Lipinski definition) is 0. The SMILES string of the molecule is CCF.[Li]. The van der Waals surface area contributed by atoms with Crippen molar-refractivity contribution in [2.24, 2.45) is 0 Å². The van der Waals surface area contributed by atoms with Crippen molar-refractivity contribution in [2.75, 3.05) is 6.67 Å². The third-order valence-electron chi connectivity index (χ3n) is 0. The van der Waals surface area contributed by atoms with E-state index in [9.17, 15) is 4.39 Å². The molecular formula is C2H5FLi. The van der Waals surface area contributed by atoms with E-state index in [1.54, 1.807) is 0 Å². The van der Waals surface area contributed by atoms with Crippen molar-refractivity contribution in [3.63, 3.8) is 0 Å². The van der Waals surface area contributed by atoms with Crippen LogP contribution in [0.25, 0.3) is 0 Å². The fourth-order valence-electron chi connectivity index (χ4n) is 0. The number of hydrogen-bond donors (Lipinski definition) is 0. The Balaban J connectivity index is 0. The van der Waals surface area contributed by atoms with E-state index in [4.69, 9.17) is 0 Å². The Bertz CT molecular complexity index is 6.00. The van der Waals surface area contributed by atoms with Crippen LogP contribution in [0.4, 0.5) is 4.39 Å². The van der Waals surface area contributed by atoms with Gasteiger partial charge in [0.05, 0.1) is 6.67 Å². The Kier molecular flexibility index (Phi) is 21.3. The zero-order valence-electron chi connectivity index (χ0n) is 3.09. The summed E-state index contributed by atoms with van der Waals surface area (Å²) in [6.07, 6.45) is 0. The largest absolute Gasteiger partial charge is 0.251 e. The van der Waals surface area contributed by atoms with Crippen molar-refractivity contribution in [2.45, 2.75) is 6.92 Å². The summed E-state index contributed by atoms with van der Waals surface area (Å²) < 4.78 is 10.3. The zero-order chi connectivity index (χ0) is 2.71. The molecule has 0 rings (SSSR count). The van der Waals surface area contributed by atoms with E-state index in [0.29, 0.717) is 0 Å². The van der Waals surface area contributed by atoms with Crippen molar-refractivity contribution in [3.05, 3.63) is 0 Å². The maximum absolute atomic E-state index is 10.3. The van der Waals surface area contributed by atoms with E-state index in [-0.39, 0.29) is 25.5 Å². The average molecular weight is 55.0 g/mol. The van der Waals surface area contributed by atoms with Gasteiger partial charge in [-0.2, -0.15) is 0 Å². The van der Waals surface area contributed by atoms with Gasteiger partial charge in [0.15, 0.2) is 0 Å². The second-order valence-corrected chi connectivity index (χ2v) is 0.267. The normalized spacial score (nSPS) is 4.50. The summed E-state index contributed by atoms with van der Waals surface area (Å²) in [5.41, 5.74) is 0. The average Bonchev–Trinajstić information content (AvgIpc) is 0.918. The molecule has 0 aromatic heterocycles. The first-order valence-corrected chi connectivity index (χ1v) is 0.974. The molecule has 0 bridgehead atoms. The van der Waals surface area contributed by atoms with Crippen molar-refractivity contribution < 1.29 is 4.39 Å². The molecule has 0 heterocycles. The summed E-state index contributed by atoms with van der Waals surface area (Å²) in [6.45, 7) is 1.21. The second kappa shape index (κ2) is 9.66. The zero-order valence-corrected chi connectivity index (χ0v) is 3.09. The minimum Gasteiger partial charge on any atom is -0.251 e. The van der Waals surface area contributed by atoms with Gasteiger partial charge in [0.25, 0.3) is 0 Å². The molecule has 0 atom stereocenters. The molecule has 0 saturated carbocycles. The van der Waals surface area contributed by atoms with Crippen LogP contribution in [0.1, 0.15) is 6.92 Å². The van der Waals surface area contributed by atoms with Gasteiger partial charge < -0.3 is 0 Å². The molecule has 0 nitrogen and oxygen atoms in total. The van der Waals surface area contributed by atoms with Gasteiger partial charge >= 0.3 is 0 Å². The van der Waals surface area contributed by atoms with Crippen LogP contribution in [0, 0.1) is 0 Å². The van der Waals surface area contributed by atoms with Gasteiger partial charge in [0.2, 0.25) is 0 Å². The summed E-state index contributed by atoms with van der Waals surface area (Å²) in [7, 11) is 0. The van der Waals surface area contributed by atoms with Gasteiger partial charge in [0.1, 0.15) is 0 Å². The molecule has 0 aliphatic carbocycles. The molecule has 0 unspecified atom stereocenters. The number of rotatable bonds is 0. The third-order valence-corrected chi connectivity index (χ3v) is 0. The van der Waals surface area contributed by atoms with Gasteiger partial charge in [-0.05, 0) is 6.92 Å². The molecule has 0 amide bonds. The van der Waals surface area contributed by atoms with Crippen LogP contribution in [0.3, 0.4) is 0 Å². The molecule has 0 aliphatic rings. The molecule has 0 aliphatic heterocycles. The van der Waals surface area contributed by atoms with Crippen LogP contribution < -0.4 is 0 Å². The fourth-order valence-corrected chi connectivity index (χ4v) is 0. The first-order chi connectivity index (χ1) is 1.41. The molecular weight excluding hydrogens is 50.0 g/mol. The van der Waals surface area contributed by atoms with Crippen molar-refractivity contribution in [1.82, 2.24) is 0 Å². The molecule has 1 radical (unpaired) electrons. The van der Waals surface area contributed by atoms with Crippen molar-refractivity contribution in [1.29, 1.82) is 0 Å². The molecule has 0 fully saturated rings. The van der Waals surface area contributed by atoms with Crippen LogP contribution in [-0.4, -0.2) is 25.5 Å². The van der Waals surface area contributed by atoms with Crippen LogP contribution in [0.15, 0.2) is 0 Å². The maximum Gasteiger partial charge on any atom is 0.0866 e. The number of alkyl halides is 1. The van der Waals surface area contributed by atoms with Crippen molar-refractivity contribution >= 4 is 18.9 Å². The first-order valence-electron chi connectivity index (χ1n) is 0.974. The van der Waals surface area contributed by atoms with Crippen molar-refractivity contribution in [3.8, 4) is 0 Å². The molecule has 2 heteroatoms. The summed E-state index contributed by atoms with van der Waals surface area (Å²) in [5.74, 6) is 0. The first kappa shape index (κ1) is 8.82. The Hall–Kier alpha value is 0.527. The fraction of sp³-hybridized carbons (Fsp3) is 1.00. The minimum absolute atomic E-state index is 0. The second-order valence-electron chi connectivity index (χ2n) is 0.267. The van der Waals surface area contributed by atoms with Gasteiger partial charge in [-0.25, -0.2) is 0 Å². The summed E-state index contributed by atoms with van der Waals surface area (Å²) >= 11 is 0. The van der Waals surface area contributed by atoms with Crippen LogP contribution in [-0.2, 0) is 0 Å². The van der Waals surface area contributed by atoms with E-state index >= 15 is 0 Å². The molecule has 0 aromatic carbocycles. The molecule has 0 aromatic rings. The predicted octanol–water partition coefficient (Wildman–Crippen LogP) is 0.595. The van der Waals surface area contributed by atoms with Gasteiger partial charge in [0, 0.05) is 18.9 Å². The Morgan fingerprint density at radius 3 is 1.75 bits per heavy atom. The minimum atomic E-state index is -0.250. The monoisotopic (exact) mass is 55.1 g/mol. The van der Waals surface area contributed by atoms with Gasteiger partial charge in [-0.3, -0.25) is 4.39 Å². The summed E-state index contributed by atoms with van der Waals surface area (Å²) in [4.78, 5) is 0. The van der Waals surface area contributed by atoms with Gasteiger partial charge in [-0.15, -0.1) is 0 Å². The Morgan fingerprint density at radius 1 is 1.75 bits per heavy atom. The molecule has 0 saturated heterocycles. The van der Waals surface area contributed by atoms with E-state index in [1.165, 1.54) is 6.92 Å². The molecule has 21 valence electrons. The molecule has 4 heavy (non-hydrogen) atoms. The third kappa shape index (κ3) is 21.2. The standard InChI is InChI=1S/C2H5F.Li/c1-2-3;/h2H2,1H3;. The van der Waals surface area contributed by atoms with E-state index in [1.807, 2.05) is 0 Å². The van der Waals surface area contributed by atoms with E-state index in [0.717, 1.165) is 0 Å². The van der Waals surface area contributed by atoms with Crippen LogP contribution >= 0.6 is 0 Å². The van der Waals surface area contributed by atoms with Crippen LogP contribution in [0.2, 0.25) is 0 Å². The summed E-state index contributed by atoms with van der Waals surface area (Å²) in [5, 5.41) is 0. The quantitative estimate of drug-likeness (QED) is 0.356. The van der Waals surface area contributed by atoms with Gasteiger partial charge in [-0.1, -0.05) is 0 Å². The smallest absolute Gasteiger partial charge is 0.0866 e. The Labute approximate surface area is 37.6 Å². The molecule has 0 spiro atoms. The Morgan fingerprint density at radius 2 is 1.75 bits per heavy atom. The van der Waals surface area contributed by atoms with Crippen LogP contribution in [0.5, 0.6) is 0 Å². The molecule has 0 N–H and O–H groups in total. The number of halogens is 1. The maximum atomic E-state index is 10.3. The van der Waals surface area contributed by atoms with E-state index < -0.39 is 0 Å². The van der Waals surface area contributed by atoms with E-state index in [2.05, 4.69) is 0 Å². The predicted molar refractivity (Wildman–Crippen MR) is 17.4 cm³/mol. The summed E-state index contributed by atoms with van der Waals surface area (Å²) in [6, 6.07) is 0. The topological polar surface area (TPSA) is 0 Å².